The third-order valence-corrected chi connectivity index (χ3v) is 5.94. The van der Waals surface area contributed by atoms with E-state index in [1.807, 2.05) is 19.9 Å². The lowest BCUT2D eigenvalue weighted by molar-refractivity contribution is 0.0930. The van der Waals surface area contributed by atoms with Gasteiger partial charge in [-0.25, -0.2) is 9.97 Å². The Labute approximate surface area is 173 Å². The number of carbonyl (C=O) groups excluding carboxylic acids is 1. The molecule has 2 aromatic heterocycles. The van der Waals surface area contributed by atoms with Gasteiger partial charge in [-0.05, 0) is 38.0 Å². The molecule has 0 saturated carbocycles. The SMILES string of the molecule is Cc1cc(C)nc(N2CC3CNC(C(=O)c4ccc(O)cc4-n4nccn4)C3C2)n1. The van der Waals surface area contributed by atoms with Crippen LogP contribution in [0.5, 0.6) is 5.75 Å². The number of nitrogens with zero attached hydrogens (tertiary/aromatic N) is 6. The van der Waals surface area contributed by atoms with Gasteiger partial charge in [0.25, 0.3) is 0 Å². The number of aryl methyl sites for hydroxylation is 2. The van der Waals surface area contributed by atoms with E-state index in [2.05, 4.69) is 30.4 Å². The minimum atomic E-state index is -0.315. The first-order valence-corrected chi connectivity index (χ1v) is 10.0. The van der Waals surface area contributed by atoms with Gasteiger partial charge in [0.05, 0.1) is 18.4 Å². The molecule has 9 heteroatoms. The smallest absolute Gasteiger partial charge is 0.225 e. The van der Waals surface area contributed by atoms with E-state index in [0.717, 1.165) is 37.0 Å². The summed E-state index contributed by atoms with van der Waals surface area (Å²) in [5.41, 5.74) is 2.85. The second kappa shape index (κ2) is 7.17. The summed E-state index contributed by atoms with van der Waals surface area (Å²) in [5.74, 6) is 1.30. The molecule has 2 fully saturated rings. The van der Waals surface area contributed by atoms with Crippen LogP contribution in [-0.4, -0.2) is 61.5 Å². The Morgan fingerprint density at radius 3 is 2.57 bits per heavy atom. The second-order valence-corrected chi connectivity index (χ2v) is 8.05. The van der Waals surface area contributed by atoms with Crippen molar-refractivity contribution >= 4 is 11.7 Å². The number of benzene rings is 1. The molecule has 154 valence electrons. The number of phenolic OH excluding ortho intramolecular Hbond substituents is 1. The van der Waals surface area contributed by atoms with Crippen molar-refractivity contribution in [2.75, 3.05) is 24.5 Å². The van der Waals surface area contributed by atoms with Crippen LogP contribution < -0.4 is 10.2 Å². The maximum absolute atomic E-state index is 13.5. The number of rotatable bonds is 4. The van der Waals surface area contributed by atoms with Crippen LogP contribution >= 0.6 is 0 Å². The fraction of sp³-hybridized carbons (Fsp3) is 0.381. The molecule has 4 heterocycles. The molecule has 9 nitrogen and oxygen atoms in total. The van der Waals surface area contributed by atoms with Crippen molar-refractivity contribution < 1.29 is 9.90 Å². The van der Waals surface area contributed by atoms with E-state index in [4.69, 9.17) is 0 Å². The van der Waals surface area contributed by atoms with Crippen LogP contribution in [0, 0.1) is 25.7 Å². The summed E-state index contributed by atoms with van der Waals surface area (Å²) in [5, 5.41) is 21.6. The van der Waals surface area contributed by atoms with Crippen LogP contribution in [0.2, 0.25) is 0 Å². The second-order valence-electron chi connectivity index (χ2n) is 8.05. The Morgan fingerprint density at radius 1 is 1.10 bits per heavy atom. The summed E-state index contributed by atoms with van der Waals surface area (Å²) in [7, 11) is 0. The highest BCUT2D eigenvalue weighted by Crippen LogP contribution is 2.35. The Bertz CT molecular complexity index is 1080. The van der Waals surface area contributed by atoms with Gasteiger partial charge in [-0.2, -0.15) is 15.0 Å². The van der Waals surface area contributed by atoms with Gasteiger partial charge in [-0.3, -0.25) is 4.79 Å². The van der Waals surface area contributed by atoms with Crippen molar-refractivity contribution in [1.29, 1.82) is 0 Å². The fourth-order valence-electron chi connectivity index (χ4n) is 4.62. The molecule has 0 aliphatic carbocycles. The Morgan fingerprint density at radius 2 is 1.83 bits per heavy atom. The van der Waals surface area contributed by atoms with Crippen LogP contribution in [-0.2, 0) is 0 Å². The predicted octanol–water partition coefficient (Wildman–Crippen LogP) is 1.29. The number of fused-ring (bicyclic) bond motifs is 1. The normalized spacial score (nSPS) is 23.0. The predicted molar refractivity (Wildman–Crippen MR) is 110 cm³/mol. The minimum absolute atomic E-state index is 0.0157. The van der Waals surface area contributed by atoms with E-state index in [9.17, 15) is 9.90 Å². The first-order valence-electron chi connectivity index (χ1n) is 10.0. The van der Waals surface area contributed by atoms with E-state index in [0.29, 0.717) is 17.2 Å². The lowest BCUT2D eigenvalue weighted by Crippen LogP contribution is -2.39. The van der Waals surface area contributed by atoms with Gasteiger partial charge >= 0.3 is 0 Å². The van der Waals surface area contributed by atoms with Gasteiger partial charge in [0.15, 0.2) is 5.78 Å². The third-order valence-electron chi connectivity index (χ3n) is 5.94. The number of phenols is 1. The highest BCUT2D eigenvalue weighted by molar-refractivity contribution is 6.03. The minimum Gasteiger partial charge on any atom is -0.508 e. The molecule has 2 aliphatic rings. The molecule has 3 atom stereocenters. The number of nitrogens with one attached hydrogen (secondary N) is 1. The zero-order chi connectivity index (χ0) is 20.8. The number of hydrogen-bond donors (Lipinski definition) is 2. The average Bonchev–Trinajstić information content (AvgIpc) is 3.43. The molecule has 3 unspecified atom stereocenters. The molecule has 1 aromatic carbocycles. The van der Waals surface area contributed by atoms with Crippen molar-refractivity contribution in [2.45, 2.75) is 19.9 Å². The third kappa shape index (κ3) is 3.21. The number of ketones is 1. The molecular formula is C21H23N7O2. The zero-order valence-electron chi connectivity index (χ0n) is 16.9. The van der Waals surface area contributed by atoms with Gasteiger partial charge in [0, 0.05) is 48.6 Å². The van der Waals surface area contributed by atoms with E-state index in [-0.39, 0.29) is 23.5 Å². The zero-order valence-corrected chi connectivity index (χ0v) is 16.9. The standard InChI is InChI=1S/C21H23N7O2/c1-12-7-13(2)26-21(25-12)27-10-14-9-22-19(17(14)11-27)20(30)16-4-3-15(29)8-18(16)28-23-5-6-24-28/h3-8,14,17,19,22,29H,9-11H2,1-2H3. The van der Waals surface area contributed by atoms with Crippen molar-refractivity contribution in [2.24, 2.45) is 11.8 Å². The quantitative estimate of drug-likeness (QED) is 0.625. The Hall–Kier alpha value is -3.33. The van der Waals surface area contributed by atoms with Crippen LogP contribution in [0.1, 0.15) is 21.7 Å². The molecule has 0 amide bonds. The molecule has 0 radical (unpaired) electrons. The molecule has 30 heavy (non-hydrogen) atoms. The monoisotopic (exact) mass is 405 g/mol. The largest absolute Gasteiger partial charge is 0.508 e. The van der Waals surface area contributed by atoms with Gasteiger partial charge in [0.1, 0.15) is 11.4 Å². The number of aromatic hydroxyl groups is 1. The van der Waals surface area contributed by atoms with E-state index in [1.165, 1.54) is 16.9 Å². The van der Waals surface area contributed by atoms with E-state index >= 15 is 0 Å². The van der Waals surface area contributed by atoms with Gasteiger partial charge in [-0.15, -0.1) is 0 Å². The Balaban J connectivity index is 1.42. The maximum Gasteiger partial charge on any atom is 0.225 e. The number of Topliss-reactive ketones (excluding diaryl/α,β-unsaturated/α-hetero) is 1. The highest BCUT2D eigenvalue weighted by Gasteiger charge is 2.46. The molecule has 3 aromatic rings. The van der Waals surface area contributed by atoms with Crippen molar-refractivity contribution in [3.8, 4) is 11.4 Å². The van der Waals surface area contributed by atoms with Gasteiger partial charge in [0.2, 0.25) is 5.95 Å². The van der Waals surface area contributed by atoms with Crippen LogP contribution in [0.15, 0.2) is 36.7 Å². The van der Waals surface area contributed by atoms with Gasteiger partial charge < -0.3 is 15.3 Å². The van der Waals surface area contributed by atoms with E-state index < -0.39 is 0 Å². The molecule has 5 rings (SSSR count). The fourth-order valence-corrected chi connectivity index (χ4v) is 4.62. The number of aromatic nitrogens is 5. The summed E-state index contributed by atoms with van der Waals surface area (Å²) >= 11 is 0. The number of hydrogen-bond acceptors (Lipinski definition) is 8. The molecular weight excluding hydrogens is 382 g/mol. The first-order chi connectivity index (χ1) is 14.5. The lowest BCUT2D eigenvalue weighted by Gasteiger charge is -2.21. The molecule has 2 N–H and O–H groups in total. The number of anilines is 1. The molecule has 2 saturated heterocycles. The van der Waals surface area contributed by atoms with Crippen molar-refractivity contribution in [3.05, 3.63) is 53.6 Å². The summed E-state index contributed by atoms with van der Waals surface area (Å²) in [6.45, 7) is 6.27. The maximum atomic E-state index is 13.5. The summed E-state index contributed by atoms with van der Waals surface area (Å²) < 4.78 is 0. The van der Waals surface area contributed by atoms with Crippen molar-refractivity contribution in [3.63, 3.8) is 0 Å². The molecule has 0 spiro atoms. The molecule has 0 bridgehead atoms. The average molecular weight is 405 g/mol. The summed E-state index contributed by atoms with van der Waals surface area (Å²) in [6, 6.07) is 6.33. The number of carbonyl (C=O) groups is 1. The Kier molecular flexibility index (Phi) is 4.47. The van der Waals surface area contributed by atoms with Crippen LogP contribution in [0.25, 0.3) is 5.69 Å². The van der Waals surface area contributed by atoms with E-state index in [1.54, 1.807) is 18.5 Å². The lowest BCUT2D eigenvalue weighted by atomic mass is 9.89. The van der Waals surface area contributed by atoms with Crippen LogP contribution in [0.4, 0.5) is 5.95 Å². The van der Waals surface area contributed by atoms with Crippen LogP contribution in [0.3, 0.4) is 0 Å². The summed E-state index contributed by atoms with van der Waals surface area (Å²) in [6.07, 6.45) is 3.08. The summed E-state index contributed by atoms with van der Waals surface area (Å²) in [4.78, 5) is 26.2. The van der Waals surface area contributed by atoms with Gasteiger partial charge in [-0.1, -0.05) is 0 Å². The molecule has 2 aliphatic heterocycles. The topological polar surface area (TPSA) is 109 Å². The van der Waals surface area contributed by atoms with Crippen molar-refractivity contribution in [1.82, 2.24) is 30.3 Å². The first kappa shape index (κ1) is 18.7. The highest BCUT2D eigenvalue weighted by atomic mass is 16.3.